The van der Waals surface area contributed by atoms with E-state index in [0.29, 0.717) is 5.92 Å². The molecule has 1 saturated heterocycles. The molecule has 0 aromatic carbocycles. The molecule has 1 aliphatic carbocycles. The first-order valence-electron chi connectivity index (χ1n) is 5.62. The highest BCUT2D eigenvalue weighted by molar-refractivity contribution is 5.73. The molecule has 2 fully saturated rings. The Labute approximate surface area is 85.1 Å². The van der Waals surface area contributed by atoms with Gasteiger partial charge in [0.05, 0.1) is 5.92 Å². The average molecular weight is 197 g/mol. The molecule has 3 heteroatoms. The Bertz CT molecular complexity index is 221. The minimum absolute atomic E-state index is 0.0330. The van der Waals surface area contributed by atoms with E-state index in [9.17, 15) is 4.79 Å². The Morgan fingerprint density at radius 3 is 2.57 bits per heavy atom. The zero-order valence-electron chi connectivity index (χ0n) is 8.78. The van der Waals surface area contributed by atoms with Crippen LogP contribution in [0.3, 0.4) is 0 Å². The van der Waals surface area contributed by atoms with Crippen molar-refractivity contribution in [1.29, 1.82) is 0 Å². The smallest absolute Gasteiger partial charge is 0.306 e. The van der Waals surface area contributed by atoms with Crippen LogP contribution in [0.2, 0.25) is 0 Å². The molecular weight excluding hydrogens is 178 g/mol. The second kappa shape index (κ2) is 3.89. The number of piperidine rings is 1. The molecule has 0 spiro atoms. The summed E-state index contributed by atoms with van der Waals surface area (Å²) in [5, 5.41) is 8.78. The molecule has 0 radical (unpaired) electrons. The summed E-state index contributed by atoms with van der Waals surface area (Å²) in [4.78, 5) is 13.1. The Kier molecular flexibility index (Phi) is 2.77. The number of hydrogen-bond donors (Lipinski definition) is 1. The molecule has 14 heavy (non-hydrogen) atoms. The Balaban J connectivity index is 1.70. The van der Waals surface area contributed by atoms with Crippen LogP contribution in [0.4, 0.5) is 0 Å². The van der Waals surface area contributed by atoms with Gasteiger partial charge in [-0.3, -0.25) is 4.79 Å². The fraction of sp³-hybridized carbons (Fsp3) is 0.909. The van der Waals surface area contributed by atoms with Crippen molar-refractivity contribution in [3.63, 3.8) is 0 Å². The molecule has 1 heterocycles. The number of carbonyl (C=O) groups is 1. The van der Waals surface area contributed by atoms with Crippen LogP contribution in [0.1, 0.15) is 26.2 Å². The van der Waals surface area contributed by atoms with Crippen molar-refractivity contribution < 1.29 is 9.90 Å². The van der Waals surface area contributed by atoms with Gasteiger partial charge >= 0.3 is 5.97 Å². The summed E-state index contributed by atoms with van der Waals surface area (Å²) in [6.07, 6.45) is 3.47. The van der Waals surface area contributed by atoms with Gasteiger partial charge in [-0.2, -0.15) is 0 Å². The molecule has 0 bridgehead atoms. The van der Waals surface area contributed by atoms with Crippen molar-refractivity contribution >= 4 is 5.97 Å². The van der Waals surface area contributed by atoms with Crippen molar-refractivity contribution in [3.8, 4) is 0 Å². The molecule has 1 aliphatic heterocycles. The van der Waals surface area contributed by atoms with Crippen LogP contribution in [0, 0.1) is 17.8 Å². The highest BCUT2D eigenvalue weighted by atomic mass is 16.4. The zero-order chi connectivity index (χ0) is 10.1. The Morgan fingerprint density at radius 1 is 1.43 bits per heavy atom. The van der Waals surface area contributed by atoms with Crippen LogP contribution in [0.5, 0.6) is 0 Å². The molecule has 0 aromatic heterocycles. The minimum Gasteiger partial charge on any atom is -0.481 e. The Hall–Kier alpha value is -0.570. The van der Waals surface area contributed by atoms with Gasteiger partial charge in [-0.15, -0.1) is 0 Å². The molecular formula is C11H19NO2. The first kappa shape index (κ1) is 9.97. The minimum atomic E-state index is -0.597. The summed E-state index contributed by atoms with van der Waals surface area (Å²) >= 11 is 0. The van der Waals surface area contributed by atoms with Crippen molar-refractivity contribution in [2.45, 2.75) is 26.2 Å². The summed E-state index contributed by atoms with van der Waals surface area (Å²) in [7, 11) is 0. The molecule has 3 nitrogen and oxygen atoms in total. The van der Waals surface area contributed by atoms with Gasteiger partial charge in [-0.1, -0.05) is 6.92 Å². The van der Waals surface area contributed by atoms with Crippen LogP contribution >= 0.6 is 0 Å². The second-order valence-electron chi connectivity index (χ2n) is 4.92. The lowest BCUT2D eigenvalue weighted by atomic mass is 9.99. The molecule has 2 rings (SSSR count). The van der Waals surface area contributed by atoms with E-state index in [1.165, 1.54) is 25.9 Å². The van der Waals surface area contributed by atoms with Crippen molar-refractivity contribution in [1.82, 2.24) is 4.90 Å². The third kappa shape index (κ3) is 2.27. The number of hydrogen-bond acceptors (Lipinski definition) is 2. The summed E-state index contributed by atoms with van der Waals surface area (Å²) in [6, 6.07) is 0. The molecule has 1 saturated carbocycles. The quantitative estimate of drug-likeness (QED) is 0.744. The SMILES string of the molecule is CC1CCN(CC2CC2C(=O)O)CC1. The van der Waals surface area contributed by atoms with E-state index < -0.39 is 5.97 Å². The van der Waals surface area contributed by atoms with Gasteiger partial charge in [0.1, 0.15) is 0 Å². The summed E-state index contributed by atoms with van der Waals surface area (Å²) < 4.78 is 0. The van der Waals surface area contributed by atoms with Crippen LogP contribution in [0.25, 0.3) is 0 Å². The first-order chi connectivity index (χ1) is 6.66. The fourth-order valence-electron chi connectivity index (χ4n) is 2.33. The third-order valence-electron chi connectivity index (χ3n) is 3.61. The lowest BCUT2D eigenvalue weighted by Gasteiger charge is -2.30. The fourth-order valence-corrected chi connectivity index (χ4v) is 2.33. The molecule has 0 aromatic rings. The van der Waals surface area contributed by atoms with E-state index >= 15 is 0 Å². The number of carboxylic acids is 1. The number of aliphatic carboxylic acids is 1. The predicted octanol–water partition coefficient (Wildman–Crippen LogP) is 1.44. The predicted molar refractivity (Wildman–Crippen MR) is 54.1 cm³/mol. The molecule has 1 N–H and O–H groups in total. The van der Waals surface area contributed by atoms with Gasteiger partial charge in [0, 0.05) is 6.54 Å². The van der Waals surface area contributed by atoms with Gasteiger partial charge in [-0.25, -0.2) is 0 Å². The maximum atomic E-state index is 10.6. The standard InChI is InChI=1S/C11H19NO2/c1-8-2-4-12(5-3-8)7-9-6-10(9)11(13)14/h8-10H,2-7H2,1H3,(H,13,14). The highest BCUT2D eigenvalue weighted by Gasteiger charge is 2.43. The van der Waals surface area contributed by atoms with Crippen molar-refractivity contribution in [3.05, 3.63) is 0 Å². The van der Waals surface area contributed by atoms with Crippen molar-refractivity contribution in [2.75, 3.05) is 19.6 Å². The molecule has 0 amide bonds. The van der Waals surface area contributed by atoms with E-state index in [-0.39, 0.29) is 5.92 Å². The topological polar surface area (TPSA) is 40.5 Å². The summed E-state index contributed by atoms with van der Waals surface area (Å²) in [5.41, 5.74) is 0. The van der Waals surface area contributed by atoms with Gasteiger partial charge in [0.25, 0.3) is 0 Å². The van der Waals surface area contributed by atoms with Crippen LogP contribution in [-0.4, -0.2) is 35.6 Å². The van der Waals surface area contributed by atoms with Gasteiger partial charge < -0.3 is 10.0 Å². The van der Waals surface area contributed by atoms with Gasteiger partial charge in [0.2, 0.25) is 0 Å². The van der Waals surface area contributed by atoms with Crippen LogP contribution in [0.15, 0.2) is 0 Å². The highest BCUT2D eigenvalue weighted by Crippen LogP contribution is 2.39. The number of likely N-dealkylation sites (tertiary alicyclic amines) is 1. The summed E-state index contributed by atoms with van der Waals surface area (Å²) in [5.74, 6) is 0.677. The van der Waals surface area contributed by atoms with E-state index in [1.54, 1.807) is 0 Å². The molecule has 2 atom stereocenters. The van der Waals surface area contributed by atoms with Crippen molar-refractivity contribution in [2.24, 2.45) is 17.8 Å². The molecule has 80 valence electrons. The summed E-state index contributed by atoms with van der Waals surface area (Å²) in [6.45, 7) is 5.66. The van der Waals surface area contributed by atoms with Gasteiger partial charge in [0.15, 0.2) is 0 Å². The average Bonchev–Trinajstić information content (AvgIpc) is 2.88. The van der Waals surface area contributed by atoms with E-state index in [1.807, 2.05) is 0 Å². The van der Waals surface area contributed by atoms with Crippen LogP contribution in [-0.2, 0) is 4.79 Å². The maximum absolute atomic E-state index is 10.6. The van der Waals surface area contributed by atoms with E-state index in [0.717, 1.165) is 18.9 Å². The van der Waals surface area contributed by atoms with Crippen LogP contribution < -0.4 is 0 Å². The molecule has 2 unspecified atom stereocenters. The zero-order valence-corrected chi connectivity index (χ0v) is 8.78. The number of nitrogens with zero attached hydrogens (tertiary/aromatic N) is 1. The maximum Gasteiger partial charge on any atom is 0.306 e. The number of rotatable bonds is 3. The normalized spacial score (nSPS) is 34.4. The third-order valence-corrected chi connectivity index (χ3v) is 3.61. The number of carboxylic acid groups (broad SMARTS) is 1. The lowest BCUT2D eigenvalue weighted by molar-refractivity contribution is -0.138. The first-order valence-corrected chi connectivity index (χ1v) is 5.62. The Morgan fingerprint density at radius 2 is 2.07 bits per heavy atom. The largest absolute Gasteiger partial charge is 0.481 e. The lowest BCUT2D eigenvalue weighted by Crippen LogP contribution is -2.34. The van der Waals surface area contributed by atoms with E-state index in [2.05, 4.69) is 11.8 Å². The van der Waals surface area contributed by atoms with Gasteiger partial charge in [-0.05, 0) is 44.2 Å². The second-order valence-corrected chi connectivity index (χ2v) is 4.92. The molecule has 2 aliphatic rings. The van der Waals surface area contributed by atoms with E-state index in [4.69, 9.17) is 5.11 Å². The monoisotopic (exact) mass is 197 g/mol.